The molecule has 0 aliphatic carbocycles. The Morgan fingerprint density at radius 2 is 2.47 bits per heavy atom. The maximum absolute atomic E-state index is 4.40. The standard InChI is InChI=1S/C12H20N4S/c1(11-10-17-8-3-13-11)4-15-6-7-16-5-2-14-12(16)9-15/h2,5,11,13H,1,3-4,6-10H2. The van der Waals surface area contributed by atoms with E-state index in [1.165, 1.54) is 43.4 Å². The van der Waals surface area contributed by atoms with Crippen molar-refractivity contribution in [1.29, 1.82) is 0 Å². The van der Waals surface area contributed by atoms with Crippen molar-refractivity contribution in [1.82, 2.24) is 19.8 Å². The first-order chi connectivity index (χ1) is 8.42. The molecule has 1 fully saturated rings. The number of hydrogen-bond donors (Lipinski definition) is 1. The Hall–Kier alpha value is -0.520. The summed E-state index contributed by atoms with van der Waals surface area (Å²) in [6.07, 6.45) is 5.28. The van der Waals surface area contributed by atoms with Gasteiger partial charge in [0.2, 0.25) is 0 Å². The minimum atomic E-state index is 0.718. The Bertz CT molecular complexity index is 359. The van der Waals surface area contributed by atoms with Crippen LogP contribution in [0.5, 0.6) is 0 Å². The van der Waals surface area contributed by atoms with Crippen LogP contribution in [0.1, 0.15) is 12.2 Å². The third-order valence-electron chi connectivity index (χ3n) is 3.62. The molecule has 1 unspecified atom stereocenters. The van der Waals surface area contributed by atoms with Gasteiger partial charge in [0.1, 0.15) is 5.82 Å². The second-order valence-electron chi connectivity index (χ2n) is 4.83. The largest absolute Gasteiger partial charge is 0.333 e. The lowest BCUT2D eigenvalue weighted by Crippen LogP contribution is -2.41. The molecule has 2 aliphatic rings. The van der Waals surface area contributed by atoms with Gasteiger partial charge in [-0.1, -0.05) is 0 Å². The average molecular weight is 252 g/mol. The van der Waals surface area contributed by atoms with Crippen LogP contribution in [0, 0.1) is 0 Å². The summed E-state index contributed by atoms with van der Waals surface area (Å²) >= 11 is 2.08. The molecule has 0 radical (unpaired) electrons. The molecule has 4 nitrogen and oxygen atoms in total. The number of nitrogens with zero attached hydrogens (tertiary/aromatic N) is 3. The maximum Gasteiger partial charge on any atom is 0.122 e. The Balaban J connectivity index is 1.47. The van der Waals surface area contributed by atoms with Crippen LogP contribution < -0.4 is 5.32 Å². The normalized spacial score (nSPS) is 25.8. The number of nitrogens with one attached hydrogen (secondary N) is 1. The van der Waals surface area contributed by atoms with Gasteiger partial charge in [0.15, 0.2) is 0 Å². The first kappa shape index (κ1) is 11.6. The lowest BCUT2D eigenvalue weighted by Gasteiger charge is -2.30. The van der Waals surface area contributed by atoms with Crippen LogP contribution >= 0.6 is 11.8 Å². The third kappa shape index (κ3) is 2.84. The van der Waals surface area contributed by atoms with E-state index in [2.05, 4.69) is 37.7 Å². The van der Waals surface area contributed by atoms with Crippen molar-refractivity contribution in [2.75, 3.05) is 31.1 Å². The highest BCUT2D eigenvalue weighted by Gasteiger charge is 2.18. The Morgan fingerprint density at radius 1 is 1.47 bits per heavy atom. The molecule has 2 aliphatic heterocycles. The number of thioether (sulfide) groups is 1. The Labute approximate surface area is 107 Å². The molecule has 0 bridgehead atoms. The molecule has 0 aromatic carbocycles. The van der Waals surface area contributed by atoms with Gasteiger partial charge in [0.05, 0.1) is 6.54 Å². The van der Waals surface area contributed by atoms with Crippen molar-refractivity contribution in [3.8, 4) is 0 Å². The fraction of sp³-hybridized carbons (Fsp3) is 0.750. The van der Waals surface area contributed by atoms with Crippen LogP contribution in [-0.4, -0.2) is 51.6 Å². The van der Waals surface area contributed by atoms with E-state index in [1.54, 1.807) is 0 Å². The van der Waals surface area contributed by atoms with Gasteiger partial charge in [-0.15, -0.1) is 0 Å². The summed E-state index contributed by atoms with van der Waals surface area (Å²) in [4.78, 5) is 6.93. The van der Waals surface area contributed by atoms with Gasteiger partial charge in [0, 0.05) is 56.1 Å². The molecule has 0 spiro atoms. The third-order valence-corrected chi connectivity index (χ3v) is 4.75. The summed E-state index contributed by atoms with van der Waals surface area (Å²) in [6, 6.07) is 0.718. The van der Waals surface area contributed by atoms with Crippen molar-refractivity contribution in [3.05, 3.63) is 18.2 Å². The molecule has 3 rings (SSSR count). The minimum absolute atomic E-state index is 0.718. The van der Waals surface area contributed by atoms with E-state index in [0.717, 1.165) is 19.1 Å². The summed E-state index contributed by atoms with van der Waals surface area (Å²) in [5, 5.41) is 3.60. The van der Waals surface area contributed by atoms with Gasteiger partial charge in [-0.05, 0) is 6.42 Å². The highest BCUT2D eigenvalue weighted by atomic mass is 32.2. The fourth-order valence-corrected chi connectivity index (χ4v) is 3.56. The molecule has 1 aromatic heterocycles. The smallest absolute Gasteiger partial charge is 0.122 e. The van der Waals surface area contributed by atoms with E-state index >= 15 is 0 Å². The van der Waals surface area contributed by atoms with E-state index < -0.39 is 0 Å². The van der Waals surface area contributed by atoms with Crippen LogP contribution in [0.25, 0.3) is 0 Å². The maximum atomic E-state index is 4.40. The second kappa shape index (κ2) is 5.42. The number of aromatic nitrogens is 2. The van der Waals surface area contributed by atoms with Crippen LogP contribution in [0.4, 0.5) is 0 Å². The zero-order chi connectivity index (χ0) is 11.5. The molecule has 3 heterocycles. The zero-order valence-electron chi connectivity index (χ0n) is 10.1. The minimum Gasteiger partial charge on any atom is -0.333 e. The summed E-state index contributed by atoms with van der Waals surface area (Å²) in [5.74, 6) is 3.78. The summed E-state index contributed by atoms with van der Waals surface area (Å²) in [6.45, 7) is 5.67. The number of hydrogen-bond acceptors (Lipinski definition) is 4. The quantitative estimate of drug-likeness (QED) is 0.862. The first-order valence-corrected chi connectivity index (χ1v) is 7.61. The lowest BCUT2D eigenvalue weighted by molar-refractivity contribution is 0.207. The SMILES string of the molecule is c1cn2c(n1)CN(CCC1CSCCN1)CC2. The van der Waals surface area contributed by atoms with Crippen molar-refractivity contribution >= 4 is 11.8 Å². The van der Waals surface area contributed by atoms with Crippen molar-refractivity contribution in [2.45, 2.75) is 25.6 Å². The monoisotopic (exact) mass is 252 g/mol. The Morgan fingerprint density at radius 3 is 3.35 bits per heavy atom. The molecular formula is C12H20N4S. The van der Waals surface area contributed by atoms with Gasteiger partial charge in [-0.3, -0.25) is 4.90 Å². The van der Waals surface area contributed by atoms with E-state index in [-0.39, 0.29) is 0 Å². The molecule has 94 valence electrons. The predicted molar refractivity (Wildman–Crippen MR) is 71.2 cm³/mol. The summed E-state index contributed by atoms with van der Waals surface area (Å²) in [5.41, 5.74) is 0. The van der Waals surface area contributed by atoms with Crippen molar-refractivity contribution < 1.29 is 0 Å². The highest BCUT2D eigenvalue weighted by Crippen LogP contribution is 2.14. The summed E-state index contributed by atoms with van der Waals surface area (Å²) < 4.78 is 2.27. The van der Waals surface area contributed by atoms with Gasteiger partial charge in [-0.25, -0.2) is 4.98 Å². The molecule has 1 aromatic rings. The van der Waals surface area contributed by atoms with Crippen LogP contribution in [-0.2, 0) is 13.1 Å². The average Bonchev–Trinajstić information content (AvgIpc) is 2.85. The molecule has 0 amide bonds. The Kier molecular flexibility index (Phi) is 3.68. The predicted octanol–water partition coefficient (Wildman–Crippen LogP) is 0.794. The van der Waals surface area contributed by atoms with Gasteiger partial charge < -0.3 is 9.88 Å². The van der Waals surface area contributed by atoms with E-state index in [9.17, 15) is 0 Å². The molecule has 1 atom stereocenters. The van der Waals surface area contributed by atoms with Gasteiger partial charge in [0.25, 0.3) is 0 Å². The van der Waals surface area contributed by atoms with Crippen LogP contribution in [0.15, 0.2) is 12.4 Å². The van der Waals surface area contributed by atoms with Crippen molar-refractivity contribution in [3.63, 3.8) is 0 Å². The van der Waals surface area contributed by atoms with E-state index in [0.29, 0.717) is 0 Å². The van der Waals surface area contributed by atoms with Crippen molar-refractivity contribution in [2.24, 2.45) is 0 Å². The van der Waals surface area contributed by atoms with Crippen LogP contribution in [0.2, 0.25) is 0 Å². The highest BCUT2D eigenvalue weighted by molar-refractivity contribution is 7.99. The fourth-order valence-electron chi connectivity index (χ4n) is 2.56. The van der Waals surface area contributed by atoms with Crippen LogP contribution in [0.3, 0.4) is 0 Å². The second-order valence-corrected chi connectivity index (χ2v) is 5.98. The number of rotatable bonds is 3. The molecule has 1 saturated heterocycles. The lowest BCUT2D eigenvalue weighted by atomic mass is 10.2. The number of imidazole rings is 1. The molecule has 5 heteroatoms. The molecule has 17 heavy (non-hydrogen) atoms. The van der Waals surface area contributed by atoms with Gasteiger partial charge >= 0.3 is 0 Å². The summed E-state index contributed by atoms with van der Waals surface area (Å²) in [7, 11) is 0. The number of fused-ring (bicyclic) bond motifs is 1. The van der Waals surface area contributed by atoms with Gasteiger partial charge in [-0.2, -0.15) is 11.8 Å². The van der Waals surface area contributed by atoms with E-state index in [4.69, 9.17) is 0 Å². The molecule has 1 N–H and O–H groups in total. The van der Waals surface area contributed by atoms with E-state index in [1.807, 2.05) is 6.20 Å². The topological polar surface area (TPSA) is 33.1 Å². The molecule has 0 saturated carbocycles. The molecular weight excluding hydrogens is 232 g/mol. The first-order valence-electron chi connectivity index (χ1n) is 6.45. The zero-order valence-corrected chi connectivity index (χ0v) is 11.0.